The van der Waals surface area contributed by atoms with Crippen LogP contribution in [0.3, 0.4) is 0 Å². The molecule has 2 aromatic rings. The van der Waals surface area contributed by atoms with Gasteiger partial charge < -0.3 is 9.47 Å². The van der Waals surface area contributed by atoms with Crippen LogP contribution in [0.5, 0.6) is 11.5 Å². The van der Waals surface area contributed by atoms with Crippen molar-refractivity contribution in [3.05, 3.63) is 64.2 Å². The summed E-state index contributed by atoms with van der Waals surface area (Å²) in [4.78, 5) is 12.3. The lowest BCUT2D eigenvalue weighted by Gasteiger charge is -2.15. The van der Waals surface area contributed by atoms with E-state index in [1.807, 2.05) is 18.2 Å². The second-order valence-corrected chi connectivity index (χ2v) is 7.51. The Labute approximate surface area is 165 Å². The Hall–Kier alpha value is -2.77. The SMILES string of the molecule is COc1cc(C=C(C#N)C(=O)C(C)(C)C)ccc1OCc1ccc(Cl)cc1. The van der Waals surface area contributed by atoms with Gasteiger partial charge in [-0.2, -0.15) is 5.26 Å². The summed E-state index contributed by atoms with van der Waals surface area (Å²) in [7, 11) is 1.55. The minimum atomic E-state index is -0.618. The molecule has 4 nitrogen and oxygen atoms in total. The van der Waals surface area contributed by atoms with Gasteiger partial charge in [0.1, 0.15) is 12.7 Å². The molecule has 0 amide bonds. The molecule has 140 valence electrons. The van der Waals surface area contributed by atoms with E-state index in [0.29, 0.717) is 28.7 Å². The van der Waals surface area contributed by atoms with E-state index in [-0.39, 0.29) is 11.4 Å². The van der Waals surface area contributed by atoms with E-state index >= 15 is 0 Å². The predicted molar refractivity (Wildman–Crippen MR) is 107 cm³/mol. The molecule has 0 atom stereocenters. The molecule has 0 saturated heterocycles. The van der Waals surface area contributed by atoms with Crippen molar-refractivity contribution in [1.29, 1.82) is 5.26 Å². The van der Waals surface area contributed by atoms with Crippen molar-refractivity contribution in [2.45, 2.75) is 27.4 Å². The molecule has 0 aliphatic rings. The second kappa shape index (κ2) is 8.75. The number of ether oxygens (including phenoxy) is 2. The molecule has 0 aliphatic heterocycles. The third-order valence-corrected chi connectivity index (χ3v) is 4.10. The highest BCUT2D eigenvalue weighted by Crippen LogP contribution is 2.30. The molecule has 0 aliphatic carbocycles. The average molecular weight is 384 g/mol. The van der Waals surface area contributed by atoms with Crippen molar-refractivity contribution in [3.8, 4) is 17.6 Å². The number of nitrogens with zero attached hydrogens (tertiary/aromatic N) is 1. The molecule has 5 heteroatoms. The van der Waals surface area contributed by atoms with Crippen LogP contribution in [0.1, 0.15) is 31.9 Å². The van der Waals surface area contributed by atoms with Crippen LogP contribution in [0.2, 0.25) is 5.02 Å². The first-order valence-corrected chi connectivity index (χ1v) is 8.84. The van der Waals surface area contributed by atoms with E-state index in [9.17, 15) is 10.1 Å². The second-order valence-electron chi connectivity index (χ2n) is 7.07. The van der Waals surface area contributed by atoms with Crippen molar-refractivity contribution in [1.82, 2.24) is 0 Å². The molecular formula is C22H22ClNO3. The predicted octanol–water partition coefficient (Wildman–Crippen LogP) is 5.45. The molecule has 0 aromatic heterocycles. The van der Waals surface area contributed by atoms with Gasteiger partial charge in [0.15, 0.2) is 17.3 Å². The van der Waals surface area contributed by atoms with Crippen LogP contribution < -0.4 is 9.47 Å². The number of hydrogen-bond donors (Lipinski definition) is 0. The fourth-order valence-electron chi connectivity index (χ4n) is 2.35. The van der Waals surface area contributed by atoms with E-state index in [1.54, 1.807) is 64.3 Å². The molecule has 27 heavy (non-hydrogen) atoms. The van der Waals surface area contributed by atoms with Gasteiger partial charge in [0.2, 0.25) is 0 Å². The summed E-state index contributed by atoms with van der Waals surface area (Å²) in [6.45, 7) is 5.73. The summed E-state index contributed by atoms with van der Waals surface area (Å²) >= 11 is 5.88. The Bertz CT molecular complexity index is 887. The molecule has 0 N–H and O–H groups in total. The van der Waals surface area contributed by atoms with Gasteiger partial charge in [-0.05, 0) is 41.5 Å². The van der Waals surface area contributed by atoms with Crippen LogP contribution in [0.4, 0.5) is 0 Å². The first-order chi connectivity index (χ1) is 12.7. The number of ketones is 1. The number of rotatable bonds is 6. The lowest BCUT2D eigenvalue weighted by Crippen LogP contribution is -2.21. The van der Waals surface area contributed by atoms with E-state index in [1.165, 1.54) is 0 Å². The summed E-state index contributed by atoms with van der Waals surface area (Å²) in [5.41, 5.74) is 1.17. The minimum Gasteiger partial charge on any atom is -0.493 e. The highest BCUT2D eigenvalue weighted by molar-refractivity contribution is 6.30. The number of carbonyl (C=O) groups is 1. The average Bonchev–Trinajstić information content (AvgIpc) is 2.64. The van der Waals surface area contributed by atoms with Crippen molar-refractivity contribution >= 4 is 23.5 Å². The number of methoxy groups -OCH3 is 1. The zero-order valence-corrected chi connectivity index (χ0v) is 16.6. The zero-order valence-electron chi connectivity index (χ0n) is 15.9. The van der Waals surface area contributed by atoms with Crippen LogP contribution in [-0.2, 0) is 11.4 Å². The standard InChI is InChI=1S/C22H22ClNO3/c1-22(2,3)21(25)17(13-24)11-16-7-10-19(20(12-16)26-4)27-14-15-5-8-18(23)9-6-15/h5-12H,14H2,1-4H3. The quantitative estimate of drug-likeness (QED) is 0.491. The van der Waals surface area contributed by atoms with Gasteiger partial charge in [-0.15, -0.1) is 0 Å². The first kappa shape index (κ1) is 20.5. The third-order valence-electron chi connectivity index (χ3n) is 3.85. The van der Waals surface area contributed by atoms with Gasteiger partial charge >= 0.3 is 0 Å². The van der Waals surface area contributed by atoms with Gasteiger partial charge in [0, 0.05) is 10.4 Å². The van der Waals surface area contributed by atoms with Gasteiger partial charge in [-0.3, -0.25) is 4.79 Å². The fourth-order valence-corrected chi connectivity index (χ4v) is 2.48. The largest absolute Gasteiger partial charge is 0.493 e. The third kappa shape index (κ3) is 5.60. The lowest BCUT2D eigenvalue weighted by atomic mass is 9.86. The number of benzene rings is 2. The Morgan fingerprint density at radius 1 is 1.15 bits per heavy atom. The topological polar surface area (TPSA) is 59.3 Å². The fraction of sp³-hybridized carbons (Fsp3) is 0.273. The van der Waals surface area contributed by atoms with Crippen LogP contribution in [0, 0.1) is 16.7 Å². The zero-order chi connectivity index (χ0) is 20.0. The Kier molecular flexibility index (Phi) is 6.65. The molecule has 0 bridgehead atoms. The van der Waals surface area contributed by atoms with E-state index in [4.69, 9.17) is 21.1 Å². The van der Waals surface area contributed by atoms with E-state index in [0.717, 1.165) is 5.56 Å². The number of Topliss-reactive ketones (excluding diaryl/α,β-unsaturated/α-hetero) is 1. The Morgan fingerprint density at radius 2 is 1.81 bits per heavy atom. The summed E-state index contributed by atoms with van der Waals surface area (Å²) < 4.78 is 11.2. The highest BCUT2D eigenvalue weighted by atomic mass is 35.5. The number of halogens is 1. The van der Waals surface area contributed by atoms with Gasteiger partial charge in [0.25, 0.3) is 0 Å². The monoisotopic (exact) mass is 383 g/mol. The molecule has 2 rings (SSSR count). The number of hydrogen-bond acceptors (Lipinski definition) is 4. The number of nitriles is 1. The maximum Gasteiger partial charge on any atom is 0.178 e. The number of carbonyl (C=O) groups excluding carboxylic acids is 1. The summed E-state index contributed by atoms with van der Waals surface area (Å²) in [6.07, 6.45) is 1.57. The van der Waals surface area contributed by atoms with Crippen molar-refractivity contribution in [3.63, 3.8) is 0 Å². The molecular weight excluding hydrogens is 362 g/mol. The minimum absolute atomic E-state index is 0.111. The Balaban J connectivity index is 2.22. The lowest BCUT2D eigenvalue weighted by molar-refractivity contribution is -0.121. The molecule has 0 unspecified atom stereocenters. The highest BCUT2D eigenvalue weighted by Gasteiger charge is 2.25. The Morgan fingerprint density at radius 3 is 2.37 bits per heavy atom. The van der Waals surface area contributed by atoms with Gasteiger partial charge in [-0.1, -0.05) is 50.6 Å². The van der Waals surface area contributed by atoms with Crippen molar-refractivity contribution in [2.24, 2.45) is 5.41 Å². The van der Waals surface area contributed by atoms with Crippen molar-refractivity contribution in [2.75, 3.05) is 7.11 Å². The molecule has 0 saturated carbocycles. The maximum absolute atomic E-state index is 12.3. The van der Waals surface area contributed by atoms with Gasteiger partial charge in [0.05, 0.1) is 12.7 Å². The summed E-state index contributed by atoms with van der Waals surface area (Å²) in [6, 6.07) is 14.7. The van der Waals surface area contributed by atoms with Crippen LogP contribution in [0.15, 0.2) is 48.0 Å². The molecule has 0 fully saturated rings. The summed E-state index contributed by atoms with van der Waals surface area (Å²) in [5.74, 6) is 0.899. The van der Waals surface area contributed by atoms with E-state index in [2.05, 4.69) is 0 Å². The summed E-state index contributed by atoms with van der Waals surface area (Å²) in [5, 5.41) is 10.00. The first-order valence-electron chi connectivity index (χ1n) is 8.46. The van der Waals surface area contributed by atoms with Crippen molar-refractivity contribution < 1.29 is 14.3 Å². The van der Waals surface area contributed by atoms with Gasteiger partial charge in [-0.25, -0.2) is 0 Å². The van der Waals surface area contributed by atoms with Crippen LogP contribution >= 0.6 is 11.6 Å². The smallest absolute Gasteiger partial charge is 0.178 e. The van der Waals surface area contributed by atoms with Crippen LogP contribution in [0.25, 0.3) is 6.08 Å². The maximum atomic E-state index is 12.3. The molecule has 0 radical (unpaired) electrons. The normalized spacial score (nSPS) is 11.6. The molecule has 0 heterocycles. The van der Waals surface area contributed by atoms with Crippen LogP contribution in [-0.4, -0.2) is 12.9 Å². The van der Waals surface area contributed by atoms with E-state index < -0.39 is 5.41 Å². The molecule has 2 aromatic carbocycles. The molecule has 0 spiro atoms. The number of allylic oxidation sites excluding steroid dienone is 1.